The Bertz CT molecular complexity index is 629. The maximum atomic E-state index is 13.7. The molecule has 0 spiro atoms. The number of halogens is 1. The minimum atomic E-state index is -3.63. The van der Waals surface area contributed by atoms with Gasteiger partial charge in [0.2, 0.25) is 15.9 Å². The molecule has 0 bridgehead atoms. The van der Waals surface area contributed by atoms with Crippen LogP contribution >= 0.6 is 0 Å². The summed E-state index contributed by atoms with van der Waals surface area (Å²) >= 11 is 0. The van der Waals surface area contributed by atoms with E-state index in [0.29, 0.717) is 26.3 Å². The highest BCUT2D eigenvalue weighted by molar-refractivity contribution is 7.88. The first kappa shape index (κ1) is 16.9. The number of sulfonamides is 1. The second-order valence-electron chi connectivity index (χ2n) is 5.12. The summed E-state index contributed by atoms with van der Waals surface area (Å²) in [6.45, 7) is 1.30. The van der Waals surface area contributed by atoms with Crippen molar-refractivity contribution in [1.29, 1.82) is 0 Å². The summed E-state index contributed by atoms with van der Waals surface area (Å²) < 4.78 is 43.6. The van der Waals surface area contributed by atoms with Gasteiger partial charge < -0.3 is 9.64 Å². The standard InChI is InChI=1S/C14H19FN2O4S/c1-22(19,20)17(10-12-4-2-3-5-13(12)15)11-14(18)16-6-8-21-9-7-16/h2-5H,6-11H2,1H3. The van der Waals surface area contributed by atoms with Gasteiger partial charge >= 0.3 is 0 Å². The van der Waals surface area contributed by atoms with Crippen molar-refractivity contribution in [1.82, 2.24) is 9.21 Å². The van der Waals surface area contributed by atoms with Crippen molar-refractivity contribution in [3.63, 3.8) is 0 Å². The van der Waals surface area contributed by atoms with Crippen LogP contribution in [0.15, 0.2) is 24.3 Å². The highest BCUT2D eigenvalue weighted by Gasteiger charge is 2.25. The Morgan fingerprint density at radius 2 is 1.95 bits per heavy atom. The zero-order valence-electron chi connectivity index (χ0n) is 12.4. The fraction of sp³-hybridized carbons (Fsp3) is 0.500. The van der Waals surface area contributed by atoms with Crippen LogP contribution in [-0.2, 0) is 26.1 Å². The number of hydrogen-bond donors (Lipinski definition) is 0. The lowest BCUT2D eigenvalue weighted by molar-refractivity contribution is -0.135. The molecule has 0 radical (unpaired) electrons. The lowest BCUT2D eigenvalue weighted by atomic mass is 10.2. The Balaban J connectivity index is 2.10. The first-order valence-electron chi connectivity index (χ1n) is 6.92. The molecule has 0 saturated carbocycles. The van der Waals surface area contributed by atoms with Crippen LogP contribution in [0.25, 0.3) is 0 Å². The number of hydrogen-bond acceptors (Lipinski definition) is 4. The van der Waals surface area contributed by atoms with Gasteiger partial charge in [0.25, 0.3) is 0 Å². The molecular weight excluding hydrogens is 311 g/mol. The van der Waals surface area contributed by atoms with E-state index in [4.69, 9.17) is 4.74 Å². The van der Waals surface area contributed by atoms with Gasteiger partial charge in [-0.05, 0) is 6.07 Å². The number of carbonyl (C=O) groups is 1. The van der Waals surface area contributed by atoms with Crippen LogP contribution in [0.1, 0.15) is 5.56 Å². The largest absolute Gasteiger partial charge is 0.378 e. The maximum absolute atomic E-state index is 13.7. The Morgan fingerprint density at radius 1 is 1.32 bits per heavy atom. The highest BCUT2D eigenvalue weighted by Crippen LogP contribution is 2.13. The molecule has 0 aliphatic carbocycles. The van der Waals surface area contributed by atoms with Gasteiger partial charge in [-0.2, -0.15) is 4.31 Å². The lowest BCUT2D eigenvalue weighted by Gasteiger charge is -2.29. The van der Waals surface area contributed by atoms with E-state index in [1.807, 2.05) is 0 Å². The van der Waals surface area contributed by atoms with Gasteiger partial charge in [-0.3, -0.25) is 4.79 Å². The van der Waals surface area contributed by atoms with Crippen LogP contribution < -0.4 is 0 Å². The fourth-order valence-corrected chi connectivity index (χ4v) is 2.89. The van der Waals surface area contributed by atoms with E-state index in [-0.39, 0.29) is 24.6 Å². The molecule has 0 unspecified atom stereocenters. The van der Waals surface area contributed by atoms with E-state index in [2.05, 4.69) is 0 Å². The summed E-state index contributed by atoms with van der Waals surface area (Å²) in [7, 11) is -3.63. The molecule has 2 rings (SSSR count). The van der Waals surface area contributed by atoms with Crippen LogP contribution in [0.3, 0.4) is 0 Å². The van der Waals surface area contributed by atoms with Gasteiger partial charge in [0, 0.05) is 25.2 Å². The predicted octanol–water partition coefficient (Wildman–Crippen LogP) is 0.446. The van der Waals surface area contributed by atoms with Crippen LogP contribution in [0.2, 0.25) is 0 Å². The van der Waals surface area contributed by atoms with E-state index in [0.717, 1.165) is 10.6 Å². The Kier molecular flexibility index (Phi) is 5.49. The van der Waals surface area contributed by atoms with Crippen molar-refractivity contribution in [2.75, 3.05) is 39.1 Å². The van der Waals surface area contributed by atoms with Crippen molar-refractivity contribution in [3.05, 3.63) is 35.6 Å². The molecule has 1 heterocycles. The highest BCUT2D eigenvalue weighted by atomic mass is 32.2. The van der Waals surface area contributed by atoms with Crippen molar-refractivity contribution < 1.29 is 22.3 Å². The molecule has 0 N–H and O–H groups in total. The molecule has 122 valence electrons. The summed E-state index contributed by atoms with van der Waals surface area (Å²) in [5.41, 5.74) is 0.239. The van der Waals surface area contributed by atoms with Crippen LogP contribution in [0.5, 0.6) is 0 Å². The van der Waals surface area contributed by atoms with Gasteiger partial charge in [-0.1, -0.05) is 18.2 Å². The number of nitrogens with zero attached hydrogens (tertiary/aromatic N) is 2. The van der Waals surface area contributed by atoms with Crippen molar-refractivity contribution in [3.8, 4) is 0 Å². The summed E-state index contributed by atoms with van der Waals surface area (Å²) in [6, 6.07) is 5.93. The van der Waals surface area contributed by atoms with E-state index in [1.54, 1.807) is 11.0 Å². The Morgan fingerprint density at radius 3 is 2.55 bits per heavy atom. The number of amides is 1. The van der Waals surface area contributed by atoms with Crippen molar-refractivity contribution in [2.45, 2.75) is 6.54 Å². The third kappa shape index (κ3) is 4.49. The molecule has 1 saturated heterocycles. The number of benzene rings is 1. The second-order valence-corrected chi connectivity index (χ2v) is 7.10. The first-order valence-corrected chi connectivity index (χ1v) is 8.77. The van der Waals surface area contributed by atoms with Gasteiger partial charge in [0.1, 0.15) is 5.82 Å². The van der Waals surface area contributed by atoms with E-state index >= 15 is 0 Å². The summed E-state index contributed by atoms with van der Waals surface area (Å²) in [4.78, 5) is 13.8. The number of morpholine rings is 1. The number of ether oxygens (including phenoxy) is 1. The van der Waals surface area contributed by atoms with Crippen LogP contribution in [-0.4, -0.2) is 62.6 Å². The quantitative estimate of drug-likeness (QED) is 0.786. The van der Waals surface area contributed by atoms with Gasteiger partial charge in [0.05, 0.1) is 26.0 Å². The second kappa shape index (κ2) is 7.17. The predicted molar refractivity (Wildman–Crippen MR) is 79.1 cm³/mol. The third-order valence-corrected chi connectivity index (χ3v) is 4.65. The molecule has 1 aliphatic rings. The minimum Gasteiger partial charge on any atom is -0.378 e. The molecular formula is C14H19FN2O4S. The fourth-order valence-electron chi connectivity index (χ4n) is 2.17. The molecule has 1 fully saturated rings. The summed E-state index contributed by atoms with van der Waals surface area (Å²) in [6.07, 6.45) is 1.01. The van der Waals surface area contributed by atoms with Crippen molar-refractivity contribution >= 4 is 15.9 Å². The lowest BCUT2D eigenvalue weighted by Crippen LogP contribution is -2.46. The van der Waals surface area contributed by atoms with Gasteiger partial charge in [0.15, 0.2) is 0 Å². The number of carbonyl (C=O) groups excluding carboxylic acids is 1. The average molecular weight is 330 g/mol. The van der Waals surface area contributed by atoms with Crippen LogP contribution in [0.4, 0.5) is 4.39 Å². The third-order valence-electron chi connectivity index (χ3n) is 3.45. The van der Waals surface area contributed by atoms with Crippen LogP contribution in [0, 0.1) is 5.82 Å². The van der Waals surface area contributed by atoms with Gasteiger partial charge in [-0.25, -0.2) is 12.8 Å². The zero-order valence-corrected chi connectivity index (χ0v) is 13.2. The minimum absolute atomic E-state index is 0.165. The Labute approximate surface area is 129 Å². The zero-order chi connectivity index (χ0) is 16.2. The van der Waals surface area contributed by atoms with E-state index < -0.39 is 15.8 Å². The molecule has 0 atom stereocenters. The molecule has 6 nitrogen and oxygen atoms in total. The molecule has 1 aromatic rings. The summed E-state index contributed by atoms with van der Waals surface area (Å²) in [5.74, 6) is -0.792. The molecule has 8 heteroatoms. The van der Waals surface area contributed by atoms with Gasteiger partial charge in [-0.15, -0.1) is 0 Å². The summed E-state index contributed by atoms with van der Waals surface area (Å²) in [5, 5.41) is 0. The van der Waals surface area contributed by atoms with Crippen molar-refractivity contribution in [2.24, 2.45) is 0 Å². The topological polar surface area (TPSA) is 66.9 Å². The normalized spacial score (nSPS) is 16.0. The van der Waals surface area contributed by atoms with E-state index in [1.165, 1.54) is 18.2 Å². The average Bonchev–Trinajstić information content (AvgIpc) is 2.48. The maximum Gasteiger partial charge on any atom is 0.238 e. The molecule has 1 aliphatic heterocycles. The number of rotatable bonds is 5. The first-order chi connectivity index (χ1) is 10.4. The molecule has 1 aromatic carbocycles. The molecule has 1 amide bonds. The molecule has 0 aromatic heterocycles. The smallest absolute Gasteiger partial charge is 0.238 e. The monoisotopic (exact) mass is 330 g/mol. The van der Waals surface area contributed by atoms with E-state index in [9.17, 15) is 17.6 Å². The SMILES string of the molecule is CS(=O)(=O)N(CC(=O)N1CCOCC1)Cc1ccccc1F. The molecule has 22 heavy (non-hydrogen) atoms. The Hall–Kier alpha value is -1.51.